The summed E-state index contributed by atoms with van der Waals surface area (Å²) < 4.78 is 12.9. The lowest BCUT2D eigenvalue weighted by Crippen LogP contribution is -1.88. The van der Waals surface area contributed by atoms with Crippen LogP contribution in [0.2, 0.25) is 0 Å². The second-order valence-corrected chi connectivity index (χ2v) is 3.74. The van der Waals surface area contributed by atoms with Crippen LogP contribution in [0.3, 0.4) is 0 Å². The molecule has 15 heavy (non-hydrogen) atoms. The maximum absolute atomic E-state index is 12.9. The standard InChI is InChI=1S/C14H13F/c15-14-8-4-7-13(11-14)10-9-12-5-2-1-3-6-12/h4-5,7-8,11H,1-3,6H2. The Labute approximate surface area is 89.8 Å². The molecule has 0 aromatic heterocycles. The second kappa shape index (κ2) is 4.79. The molecule has 76 valence electrons. The van der Waals surface area contributed by atoms with Gasteiger partial charge in [-0.2, -0.15) is 0 Å². The van der Waals surface area contributed by atoms with Gasteiger partial charge in [0.05, 0.1) is 0 Å². The molecule has 0 saturated heterocycles. The molecule has 1 heteroatoms. The lowest BCUT2D eigenvalue weighted by Gasteiger charge is -2.05. The molecule has 0 aliphatic heterocycles. The summed E-state index contributed by atoms with van der Waals surface area (Å²) in [5.41, 5.74) is 1.95. The molecule has 0 amide bonds. The fraction of sp³-hybridized carbons (Fsp3) is 0.286. The van der Waals surface area contributed by atoms with Crippen LogP contribution >= 0.6 is 0 Å². The Hall–Kier alpha value is -1.55. The summed E-state index contributed by atoms with van der Waals surface area (Å²) in [5, 5.41) is 0. The van der Waals surface area contributed by atoms with E-state index in [4.69, 9.17) is 0 Å². The lowest BCUT2D eigenvalue weighted by molar-refractivity contribution is 0.627. The number of rotatable bonds is 0. The number of hydrogen-bond acceptors (Lipinski definition) is 0. The molecule has 0 radical (unpaired) electrons. The van der Waals surface area contributed by atoms with Crippen molar-refractivity contribution in [1.29, 1.82) is 0 Å². The molecule has 0 N–H and O–H groups in total. The van der Waals surface area contributed by atoms with Crippen molar-refractivity contribution >= 4 is 0 Å². The first-order valence-corrected chi connectivity index (χ1v) is 5.31. The average Bonchev–Trinajstić information content (AvgIpc) is 2.28. The minimum atomic E-state index is -0.223. The third kappa shape index (κ3) is 2.95. The molecule has 1 aromatic carbocycles. The van der Waals surface area contributed by atoms with Gasteiger partial charge >= 0.3 is 0 Å². The predicted molar refractivity (Wildman–Crippen MR) is 59.8 cm³/mol. The molecular weight excluding hydrogens is 187 g/mol. The van der Waals surface area contributed by atoms with Crippen molar-refractivity contribution in [3.8, 4) is 11.8 Å². The highest BCUT2D eigenvalue weighted by Crippen LogP contribution is 2.16. The molecule has 1 aliphatic rings. The maximum atomic E-state index is 12.9. The van der Waals surface area contributed by atoms with Crippen LogP contribution in [0.4, 0.5) is 4.39 Å². The first-order chi connectivity index (χ1) is 7.34. The number of allylic oxidation sites excluding steroid dienone is 2. The smallest absolute Gasteiger partial charge is 0.124 e. The molecule has 1 aromatic rings. The van der Waals surface area contributed by atoms with Gasteiger partial charge in [-0.15, -0.1) is 0 Å². The molecule has 0 spiro atoms. The summed E-state index contributed by atoms with van der Waals surface area (Å²) in [4.78, 5) is 0. The monoisotopic (exact) mass is 200 g/mol. The van der Waals surface area contributed by atoms with Gasteiger partial charge in [0.15, 0.2) is 0 Å². The summed E-state index contributed by atoms with van der Waals surface area (Å²) in [6.45, 7) is 0. The molecule has 1 aliphatic carbocycles. The predicted octanol–water partition coefficient (Wildman–Crippen LogP) is 3.68. The van der Waals surface area contributed by atoms with E-state index >= 15 is 0 Å². The van der Waals surface area contributed by atoms with Crippen LogP contribution in [0.15, 0.2) is 35.9 Å². The highest BCUT2D eigenvalue weighted by atomic mass is 19.1. The first-order valence-electron chi connectivity index (χ1n) is 5.31. The summed E-state index contributed by atoms with van der Waals surface area (Å²) in [6, 6.07) is 6.43. The molecular formula is C14H13F. The first kappa shape index (κ1) is 9.98. The summed E-state index contributed by atoms with van der Waals surface area (Å²) in [5.74, 6) is 5.88. The van der Waals surface area contributed by atoms with Crippen molar-refractivity contribution < 1.29 is 4.39 Å². The van der Waals surface area contributed by atoms with Crippen molar-refractivity contribution in [2.75, 3.05) is 0 Å². The van der Waals surface area contributed by atoms with E-state index in [-0.39, 0.29) is 5.82 Å². The second-order valence-electron chi connectivity index (χ2n) is 3.74. The van der Waals surface area contributed by atoms with Crippen LogP contribution < -0.4 is 0 Å². The molecule has 0 fully saturated rings. The van der Waals surface area contributed by atoms with Gasteiger partial charge < -0.3 is 0 Å². The number of hydrogen-bond donors (Lipinski definition) is 0. The number of halogens is 1. The third-order valence-electron chi connectivity index (χ3n) is 2.48. The Morgan fingerprint density at radius 2 is 2.07 bits per heavy atom. The van der Waals surface area contributed by atoms with Gasteiger partial charge in [0, 0.05) is 5.56 Å². The topological polar surface area (TPSA) is 0 Å². The van der Waals surface area contributed by atoms with E-state index in [1.165, 1.54) is 30.5 Å². The van der Waals surface area contributed by atoms with Crippen LogP contribution in [-0.4, -0.2) is 0 Å². The van der Waals surface area contributed by atoms with Gasteiger partial charge in [-0.25, -0.2) is 4.39 Å². The van der Waals surface area contributed by atoms with Crippen molar-refractivity contribution in [3.63, 3.8) is 0 Å². The van der Waals surface area contributed by atoms with E-state index in [0.717, 1.165) is 18.4 Å². The minimum absolute atomic E-state index is 0.223. The van der Waals surface area contributed by atoms with Gasteiger partial charge in [0.2, 0.25) is 0 Å². The van der Waals surface area contributed by atoms with E-state index in [0.29, 0.717) is 0 Å². The molecule has 0 bridgehead atoms. The van der Waals surface area contributed by atoms with Crippen molar-refractivity contribution in [2.24, 2.45) is 0 Å². The lowest BCUT2D eigenvalue weighted by atomic mass is 10.00. The van der Waals surface area contributed by atoms with E-state index in [1.807, 2.05) is 6.07 Å². The van der Waals surface area contributed by atoms with Crippen LogP contribution in [-0.2, 0) is 0 Å². The average molecular weight is 200 g/mol. The highest BCUT2D eigenvalue weighted by molar-refractivity contribution is 5.41. The van der Waals surface area contributed by atoms with Crippen molar-refractivity contribution in [2.45, 2.75) is 25.7 Å². The van der Waals surface area contributed by atoms with E-state index in [2.05, 4.69) is 17.9 Å². The van der Waals surface area contributed by atoms with Gasteiger partial charge in [-0.05, 0) is 49.5 Å². The summed E-state index contributed by atoms with van der Waals surface area (Å²) in [6.07, 6.45) is 6.89. The van der Waals surface area contributed by atoms with Gasteiger partial charge in [-0.1, -0.05) is 24.0 Å². The summed E-state index contributed by atoms with van der Waals surface area (Å²) in [7, 11) is 0. The largest absolute Gasteiger partial charge is 0.207 e. The molecule has 2 rings (SSSR count). The SMILES string of the molecule is Fc1cccc(C#CC2=CCCCC2)c1. The minimum Gasteiger partial charge on any atom is -0.207 e. The maximum Gasteiger partial charge on any atom is 0.124 e. The zero-order valence-electron chi connectivity index (χ0n) is 8.59. The van der Waals surface area contributed by atoms with Gasteiger partial charge in [0.1, 0.15) is 5.82 Å². The number of benzene rings is 1. The quantitative estimate of drug-likeness (QED) is 0.560. The Balaban J connectivity index is 2.14. The highest BCUT2D eigenvalue weighted by Gasteiger charge is 1.99. The Bertz CT molecular complexity index is 432. The van der Waals surface area contributed by atoms with Crippen LogP contribution in [0.5, 0.6) is 0 Å². The Kier molecular flexibility index (Phi) is 3.19. The van der Waals surface area contributed by atoms with Crippen molar-refractivity contribution in [1.82, 2.24) is 0 Å². The molecule has 0 atom stereocenters. The van der Waals surface area contributed by atoms with Crippen molar-refractivity contribution in [3.05, 3.63) is 47.3 Å². The zero-order valence-corrected chi connectivity index (χ0v) is 8.59. The Morgan fingerprint density at radius 3 is 2.80 bits per heavy atom. The normalized spacial score (nSPS) is 15.1. The fourth-order valence-electron chi connectivity index (χ4n) is 1.67. The van der Waals surface area contributed by atoms with Crippen LogP contribution in [0.25, 0.3) is 0 Å². The van der Waals surface area contributed by atoms with Crippen LogP contribution in [0, 0.1) is 17.7 Å². The van der Waals surface area contributed by atoms with E-state index in [1.54, 1.807) is 6.07 Å². The van der Waals surface area contributed by atoms with Crippen LogP contribution in [0.1, 0.15) is 31.2 Å². The summed E-state index contributed by atoms with van der Waals surface area (Å²) >= 11 is 0. The third-order valence-corrected chi connectivity index (χ3v) is 2.48. The van der Waals surface area contributed by atoms with E-state index in [9.17, 15) is 4.39 Å². The zero-order chi connectivity index (χ0) is 10.5. The molecule has 0 saturated carbocycles. The van der Waals surface area contributed by atoms with Gasteiger partial charge in [0.25, 0.3) is 0 Å². The Morgan fingerprint density at radius 1 is 1.13 bits per heavy atom. The van der Waals surface area contributed by atoms with Gasteiger partial charge in [-0.3, -0.25) is 0 Å². The molecule has 0 nitrogen and oxygen atoms in total. The molecule has 0 unspecified atom stereocenters. The molecule has 0 heterocycles. The fourth-order valence-corrected chi connectivity index (χ4v) is 1.67. The van der Waals surface area contributed by atoms with E-state index < -0.39 is 0 Å².